The molecule has 0 spiro atoms. The lowest BCUT2D eigenvalue weighted by atomic mass is 10.2. The molecule has 0 unspecified atom stereocenters. The summed E-state index contributed by atoms with van der Waals surface area (Å²) in [6.45, 7) is 7.69. The summed E-state index contributed by atoms with van der Waals surface area (Å²) in [5.74, 6) is -2.05. The van der Waals surface area contributed by atoms with E-state index in [0.29, 0.717) is 13.1 Å². The van der Waals surface area contributed by atoms with E-state index >= 15 is 0 Å². The summed E-state index contributed by atoms with van der Waals surface area (Å²) in [5, 5.41) is -0.241. The minimum absolute atomic E-state index is 0.0434. The first kappa shape index (κ1) is 18.5. The Balaban J connectivity index is 2.72. The van der Waals surface area contributed by atoms with Gasteiger partial charge in [0.15, 0.2) is 6.61 Å². The van der Waals surface area contributed by atoms with Gasteiger partial charge in [-0.05, 0) is 26.0 Å². The van der Waals surface area contributed by atoms with Gasteiger partial charge in [-0.3, -0.25) is 4.79 Å². The van der Waals surface area contributed by atoms with Gasteiger partial charge in [-0.15, -0.1) is 0 Å². The van der Waals surface area contributed by atoms with Crippen molar-refractivity contribution in [2.75, 3.05) is 19.7 Å². The summed E-state index contributed by atoms with van der Waals surface area (Å²) in [6, 6.07) is 1.99. The molecule has 22 heavy (non-hydrogen) atoms. The number of ether oxygens (including phenoxy) is 1. The number of carbonyl (C=O) groups is 2. The molecule has 0 aliphatic carbocycles. The van der Waals surface area contributed by atoms with Crippen molar-refractivity contribution in [1.29, 1.82) is 0 Å². The molecular formula is C15H16Cl2FNO3. The third kappa shape index (κ3) is 5.00. The summed E-state index contributed by atoms with van der Waals surface area (Å²) in [5.41, 5.74) is 0.628. The molecule has 1 rings (SSSR count). The van der Waals surface area contributed by atoms with Crippen molar-refractivity contribution in [3.63, 3.8) is 0 Å². The van der Waals surface area contributed by atoms with Crippen molar-refractivity contribution in [1.82, 2.24) is 4.90 Å². The standard InChI is InChI=1S/C15H16Cl2FNO3/c1-4-19(7-9(2)3)14(20)8-22-15(21)10-5-13(18)12(17)6-11(10)16/h5-6H,2,4,7-8H2,1,3H3. The van der Waals surface area contributed by atoms with Gasteiger partial charge in [0.25, 0.3) is 5.91 Å². The Hall–Kier alpha value is -1.59. The summed E-state index contributed by atoms with van der Waals surface area (Å²) in [7, 11) is 0. The molecule has 1 aromatic carbocycles. The Morgan fingerprint density at radius 3 is 2.50 bits per heavy atom. The molecule has 0 aromatic heterocycles. The van der Waals surface area contributed by atoms with Crippen LogP contribution in [0.5, 0.6) is 0 Å². The van der Waals surface area contributed by atoms with Gasteiger partial charge in [0, 0.05) is 13.1 Å². The van der Waals surface area contributed by atoms with E-state index in [1.807, 2.05) is 0 Å². The maximum Gasteiger partial charge on any atom is 0.340 e. The van der Waals surface area contributed by atoms with Gasteiger partial charge >= 0.3 is 5.97 Å². The Morgan fingerprint density at radius 1 is 1.32 bits per heavy atom. The highest BCUT2D eigenvalue weighted by atomic mass is 35.5. The lowest BCUT2D eigenvalue weighted by Crippen LogP contribution is -2.35. The van der Waals surface area contributed by atoms with E-state index in [4.69, 9.17) is 27.9 Å². The summed E-state index contributed by atoms with van der Waals surface area (Å²) in [4.78, 5) is 25.3. The van der Waals surface area contributed by atoms with Gasteiger partial charge in [-0.2, -0.15) is 0 Å². The second-order valence-corrected chi connectivity index (χ2v) is 5.50. The van der Waals surface area contributed by atoms with E-state index in [2.05, 4.69) is 6.58 Å². The zero-order valence-electron chi connectivity index (χ0n) is 12.3. The molecule has 7 heteroatoms. The van der Waals surface area contributed by atoms with Crippen molar-refractivity contribution < 1.29 is 18.7 Å². The third-order valence-electron chi connectivity index (χ3n) is 2.75. The molecule has 0 aliphatic heterocycles. The van der Waals surface area contributed by atoms with Crippen molar-refractivity contribution in [3.05, 3.63) is 45.7 Å². The Morgan fingerprint density at radius 2 is 1.95 bits per heavy atom. The van der Waals surface area contributed by atoms with Crippen LogP contribution in [0.2, 0.25) is 10.0 Å². The van der Waals surface area contributed by atoms with Crippen LogP contribution in [0.25, 0.3) is 0 Å². The van der Waals surface area contributed by atoms with Crippen LogP contribution < -0.4 is 0 Å². The number of carbonyl (C=O) groups excluding carboxylic acids is 2. The van der Waals surface area contributed by atoms with Gasteiger partial charge < -0.3 is 9.64 Å². The number of nitrogens with zero attached hydrogens (tertiary/aromatic N) is 1. The summed E-state index contributed by atoms with van der Waals surface area (Å²) >= 11 is 11.4. The van der Waals surface area contributed by atoms with E-state index in [0.717, 1.165) is 17.7 Å². The van der Waals surface area contributed by atoms with E-state index in [9.17, 15) is 14.0 Å². The summed E-state index contributed by atoms with van der Waals surface area (Å²) < 4.78 is 18.2. The maximum atomic E-state index is 13.4. The molecule has 0 fully saturated rings. The minimum Gasteiger partial charge on any atom is -0.452 e. The monoisotopic (exact) mass is 347 g/mol. The quantitative estimate of drug-likeness (QED) is 0.447. The number of hydrogen-bond donors (Lipinski definition) is 0. The normalized spacial score (nSPS) is 10.2. The fourth-order valence-electron chi connectivity index (χ4n) is 1.68. The smallest absolute Gasteiger partial charge is 0.340 e. The fourth-order valence-corrected chi connectivity index (χ4v) is 2.14. The van der Waals surface area contributed by atoms with Gasteiger partial charge in [0.05, 0.1) is 15.6 Å². The van der Waals surface area contributed by atoms with Crippen LogP contribution in [-0.2, 0) is 9.53 Å². The average molecular weight is 348 g/mol. The minimum atomic E-state index is -0.889. The molecule has 0 N–H and O–H groups in total. The first-order valence-corrected chi connectivity index (χ1v) is 7.25. The molecule has 0 saturated heterocycles. The lowest BCUT2D eigenvalue weighted by Gasteiger charge is -2.20. The largest absolute Gasteiger partial charge is 0.452 e. The van der Waals surface area contributed by atoms with Gasteiger partial charge in [0.2, 0.25) is 0 Å². The molecule has 0 aliphatic rings. The topological polar surface area (TPSA) is 46.6 Å². The predicted octanol–water partition coefficient (Wildman–Crippen LogP) is 3.71. The molecule has 0 saturated carbocycles. The lowest BCUT2D eigenvalue weighted by molar-refractivity contribution is -0.133. The zero-order chi connectivity index (χ0) is 16.9. The highest BCUT2D eigenvalue weighted by Gasteiger charge is 2.18. The zero-order valence-corrected chi connectivity index (χ0v) is 13.8. The third-order valence-corrected chi connectivity index (χ3v) is 3.35. The fraction of sp³-hybridized carbons (Fsp3) is 0.333. The van der Waals surface area contributed by atoms with Crippen LogP contribution >= 0.6 is 23.2 Å². The molecule has 1 aromatic rings. The number of esters is 1. The molecule has 0 heterocycles. The molecule has 0 bridgehead atoms. The first-order valence-electron chi connectivity index (χ1n) is 6.50. The van der Waals surface area contributed by atoms with Crippen molar-refractivity contribution in [2.24, 2.45) is 0 Å². The SMILES string of the molecule is C=C(C)CN(CC)C(=O)COC(=O)c1cc(F)c(Cl)cc1Cl. The van der Waals surface area contributed by atoms with E-state index in [1.54, 1.807) is 13.8 Å². The Bertz CT molecular complexity index is 605. The summed E-state index contributed by atoms with van der Waals surface area (Å²) in [6.07, 6.45) is 0. The predicted molar refractivity (Wildman–Crippen MR) is 83.8 cm³/mol. The molecule has 0 atom stereocenters. The molecule has 4 nitrogen and oxygen atoms in total. The van der Waals surface area contributed by atoms with E-state index in [1.165, 1.54) is 4.90 Å². The van der Waals surface area contributed by atoms with Crippen LogP contribution in [0.4, 0.5) is 4.39 Å². The van der Waals surface area contributed by atoms with Crippen molar-refractivity contribution in [3.8, 4) is 0 Å². The van der Waals surface area contributed by atoms with E-state index in [-0.39, 0.29) is 21.5 Å². The molecule has 0 radical (unpaired) electrons. The van der Waals surface area contributed by atoms with Gasteiger partial charge in [-0.25, -0.2) is 9.18 Å². The second-order valence-electron chi connectivity index (χ2n) is 4.69. The number of rotatable bonds is 6. The highest BCUT2D eigenvalue weighted by Crippen LogP contribution is 2.24. The number of amides is 1. The van der Waals surface area contributed by atoms with Crippen LogP contribution in [0.3, 0.4) is 0 Å². The molecule has 1 amide bonds. The van der Waals surface area contributed by atoms with Gasteiger partial charge in [-0.1, -0.05) is 35.4 Å². The van der Waals surface area contributed by atoms with Crippen LogP contribution in [0, 0.1) is 5.82 Å². The van der Waals surface area contributed by atoms with Gasteiger partial charge in [0.1, 0.15) is 5.82 Å². The highest BCUT2D eigenvalue weighted by molar-refractivity contribution is 6.36. The van der Waals surface area contributed by atoms with Crippen molar-refractivity contribution >= 4 is 35.1 Å². The van der Waals surface area contributed by atoms with Crippen LogP contribution in [0.1, 0.15) is 24.2 Å². The van der Waals surface area contributed by atoms with Crippen LogP contribution in [-0.4, -0.2) is 36.5 Å². The maximum absolute atomic E-state index is 13.4. The van der Waals surface area contributed by atoms with Crippen molar-refractivity contribution in [2.45, 2.75) is 13.8 Å². The number of hydrogen-bond acceptors (Lipinski definition) is 3. The average Bonchev–Trinajstić information content (AvgIpc) is 2.45. The van der Waals surface area contributed by atoms with Crippen LogP contribution in [0.15, 0.2) is 24.3 Å². The number of benzene rings is 1. The number of likely N-dealkylation sites (N-methyl/N-ethyl adjacent to an activating group) is 1. The number of halogens is 3. The first-order chi connectivity index (χ1) is 10.3. The Kier molecular flexibility index (Phi) is 6.84. The molecular weight excluding hydrogens is 332 g/mol. The second kappa shape index (κ2) is 8.15. The molecule has 120 valence electrons. The Labute approximate surface area is 138 Å². The van der Waals surface area contributed by atoms with E-state index < -0.39 is 18.4 Å².